The molecule has 0 saturated carbocycles. The Kier molecular flexibility index (Phi) is 3.79. The summed E-state index contributed by atoms with van der Waals surface area (Å²) in [6, 6.07) is 15.1. The predicted molar refractivity (Wildman–Crippen MR) is 100 cm³/mol. The number of hydrogen-bond donors (Lipinski definition) is 1. The van der Waals surface area contributed by atoms with E-state index in [1.807, 2.05) is 37.3 Å². The SMILES string of the molecule is Cc1[nH]c2ccccc2c1C(=O)C(C#N)c1nc2cc(Cl)ccc2s1. The van der Waals surface area contributed by atoms with Gasteiger partial charge >= 0.3 is 0 Å². The topological polar surface area (TPSA) is 69.5 Å². The standard InChI is InChI=1S/C19H12ClN3OS/c1-10-17(12-4-2-3-5-14(12)22-10)18(24)13(9-21)19-23-15-8-11(20)6-7-16(15)25-19/h2-8,13,22H,1H3. The minimum Gasteiger partial charge on any atom is -0.358 e. The average molecular weight is 366 g/mol. The van der Waals surface area contributed by atoms with E-state index in [1.54, 1.807) is 12.1 Å². The molecule has 4 rings (SSSR count). The molecule has 1 N–H and O–H groups in total. The maximum absolute atomic E-state index is 13.1. The van der Waals surface area contributed by atoms with Crippen LogP contribution in [-0.4, -0.2) is 15.8 Å². The van der Waals surface area contributed by atoms with Crippen molar-refractivity contribution in [3.05, 3.63) is 63.8 Å². The number of H-pyrrole nitrogens is 1. The van der Waals surface area contributed by atoms with Gasteiger partial charge in [0.05, 0.1) is 16.3 Å². The Hall–Kier alpha value is -2.68. The lowest BCUT2D eigenvalue weighted by molar-refractivity contribution is 0.0980. The third-order valence-corrected chi connectivity index (χ3v) is 5.48. The molecule has 4 nitrogen and oxygen atoms in total. The third-order valence-electron chi connectivity index (χ3n) is 4.14. The number of Topliss-reactive ketones (excluding diaryl/α,β-unsaturated/α-hetero) is 1. The number of nitrogens with zero attached hydrogens (tertiary/aromatic N) is 2. The molecule has 1 atom stereocenters. The molecule has 0 saturated heterocycles. The number of aromatic nitrogens is 2. The fourth-order valence-corrected chi connectivity index (χ4v) is 4.16. The summed E-state index contributed by atoms with van der Waals surface area (Å²) in [4.78, 5) is 20.8. The molecular formula is C19H12ClN3OS. The number of nitriles is 1. The first-order chi connectivity index (χ1) is 12.1. The van der Waals surface area contributed by atoms with E-state index < -0.39 is 5.92 Å². The first kappa shape index (κ1) is 15.8. The Morgan fingerprint density at radius 1 is 1.32 bits per heavy atom. The van der Waals surface area contributed by atoms with Crippen molar-refractivity contribution in [3.63, 3.8) is 0 Å². The number of aryl methyl sites for hydroxylation is 1. The molecule has 4 aromatic rings. The van der Waals surface area contributed by atoms with Gasteiger partial charge in [0.15, 0.2) is 11.7 Å². The molecular weight excluding hydrogens is 354 g/mol. The van der Waals surface area contributed by atoms with Gasteiger partial charge in [-0.2, -0.15) is 5.26 Å². The normalized spacial score (nSPS) is 12.4. The largest absolute Gasteiger partial charge is 0.358 e. The molecule has 0 radical (unpaired) electrons. The first-order valence-corrected chi connectivity index (χ1v) is 8.85. The highest BCUT2D eigenvalue weighted by atomic mass is 35.5. The van der Waals surface area contributed by atoms with E-state index in [0.29, 0.717) is 21.1 Å². The highest BCUT2D eigenvalue weighted by Gasteiger charge is 2.28. The van der Waals surface area contributed by atoms with Gasteiger partial charge in [0.2, 0.25) is 0 Å². The first-order valence-electron chi connectivity index (χ1n) is 7.65. The van der Waals surface area contributed by atoms with Crippen LogP contribution in [0.4, 0.5) is 0 Å². The number of carbonyl (C=O) groups is 1. The molecule has 6 heteroatoms. The van der Waals surface area contributed by atoms with Crippen molar-refractivity contribution in [3.8, 4) is 6.07 Å². The van der Waals surface area contributed by atoms with Crippen LogP contribution in [0.15, 0.2) is 42.5 Å². The minimum atomic E-state index is -0.936. The summed E-state index contributed by atoms with van der Waals surface area (Å²) in [5, 5.41) is 11.6. The summed E-state index contributed by atoms with van der Waals surface area (Å²) in [6.45, 7) is 1.85. The summed E-state index contributed by atoms with van der Waals surface area (Å²) in [5.74, 6) is -1.17. The molecule has 25 heavy (non-hydrogen) atoms. The van der Waals surface area contributed by atoms with Crippen molar-refractivity contribution >= 4 is 49.8 Å². The molecule has 0 aliphatic carbocycles. The van der Waals surface area contributed by atoms with Crippen LogP contribution in [0.3, 0.4) is 0 Å². The second-order valence-electron chi connectivity index (χ2n) is 5.76. The van der Waals surface area contributed by atoms with Gasteiger partial charge in [-0.1, -0.05) is 29.8 Å². The molecule has 2 aromatic carbocycles. The molecule has 122 valence electrons. The van der Waals surface area contributed by atoms with E-state index in [-0.39, 0.29) is 5.78 Å². The lowest BCUT2D eigenvalue weighted by Gasteiger charge is -2.05. The molecule has 0 aliphatic heterocycles. The van der Waals surface area contributed by atoms with Crippen LogP contribution >= 0.6 is 22.9 Å². The van der Waals surface area contributed by atoms with Crippen LogP contribution < -0.4 is 0 Å². The molecule has 0 bridgehead atoms. The third kappa shape index (κ3) is 2.60. The number of thiazole rings is 1. The Balaban J connectivity index is 1.83. The van der Waals surface area contributed by atoms with E-state index in [1.165, 1.54) is 11.3 Å². The summed E-state index contributed by atoms with van der Waals surface area (Å²) in [6.07, 6.45) is 0. The van der Waals surface area contributed by atoms with Crippen LogP contribution in [0, 0.1) is 18.3 Å². The fourth-order valence-electron chi connectivity index (χ4n) is 3.01. The van der Waals surface area contributed by atoms with E-state index in [9.17, 15) is 10.1 Å². The number of aromatic amines is 1. The van der Waals surface area contributed by atoms with Crippen LogP contribution in [0.1, 0.15) is 27.0 Å². The Labute approximate surface area is 152 Å². The highest BCUT2D eigenvalue weighted by molar-refractivity contribution is 7.18. The maximum Gasteiger partial charge on any atom is 0.189 e. The van der Waals surface area contributed by atoms with Gasteiger partial charge in [0.1, 0.15) is 5.01 Å². The average Bonchev–Trinajstić information content (AvgIpc) is 3.14. The van der Waals surface area contributed by atoms with Gasteiger partial charge < -0.3 is 4.98 Å². The smallest absolute Gasteiger partial charge is 0.189 e. The number of nitrogens with one attached hydrogen (secondary N) is 1. The van der Waals surface area contributed by atoms with Crippen molar-refractivity contribution in [1.82, 2.24) is 9.97 Å². The van der Waals surface area contributed by atoms with Crippen molar-refractivity contribution in [1.29, 1.82) is 5.26 Å². The van der Waals surface area contributed by atoms with Gasteiger partial charge in [0, 0.05) is 27.2 Å². The Morgan fingerprint density at radius 3 is 2.92 bits per heavy atom. The van der Waals surface area contributed by atoms with Crippen molar-refractivity contribution in [2.75, 3.05) is 0 Å². The monoisotopic (exact) mass is 365 g/mol. The molecule has 0 fully saturated rings. The van der Waals surface area contributed by atoms with Crippen LogP contribution in [-0.2, 0) is 0 Å². The number of para-hydroxylation sites is 1. The second-order valence-corrected chi connectivity index (χ2v) is 7.26. The van der Waals surface area contributed by atoms with Crippen molar-refractivity contribution < 1.29 is 4.79 Å². The second kappa shape index (κ2) is 5.99. The predicted octanol–water partition coefficient (Wildman–Crippen LogP) is 5.23. The van der Waals surface area contributed by atoms with Crippen molar-refractivity contribution in [2.24, 2.45) is 0 Å². The van der Waals surface area contributed by atoms with E-state index in [0.717, 1.165) is 21.3 Å². The lowest BCUT2D eigenvalue weighted by atomic mass is 9.97. The number of rotatable bonds is 3. The quantitative estimate of drug-likeness (QED) is 0.505. The van der Waals surface area contributed by atoms with E-state index in [4.69, 9.17) is 11.6 Å². The number of benzene rings is 2. The van der Waals surface area contributed by atoms with Crippen molar-refractivity contribution in [2.45, 2.75) is 12.8 Å². The highest BCUT2D eigenvalue weighted by Crippen LogP contribution is 2.33. The van der Waals surface area contributed by atoms with Crippen LogP contribution in [0.2, 0.25) is 5.02 Å². The molecule has 0 aliphatic rings. The number of ketones is 1. The number of fused-ring (bicyclic) bond motifs is 2. The number of halogens is 1. The molecule has 2 heterocycles. The Morgan fingerprint density at radius 2 is 2.12 bits per heavy atom. The molecule has 1 unspecified atom stereocenters. The van der Waals surface area contributed by atoms with Gasteiger partial charge in [-0.25, -0.2) is 4.98 Å². The molecule has 2 aromatic heterocycles. The van der Waals surface area contributed by atoms with Gasteiger partial charge in [-0.3, -0.25) is 4.79 Å². The number of hydrogen-bond acceptors (Lipinski definition) is 4. The zero-order chi connectivity index (χ0) is 17.6. The van der Waals surface area contributed by atoms with E-state index >= 15 is 0 Å². The zero-order valence-corrected chi connectivity index (χ0v) is 14.8. The summed E-state index contributed by atoms with van der Waals surface area (Å²) in [7, 11) is 0. The fraction of sp³-hybridized carbons (Fsp3) is 0.105. The van der Waals surface area contributed by atoms with E-state index in [2.05, 4.69) is 16.0 Å². The minimum absolute atomic E-state index is 0.234. The van der Waals surface area contributed by atoms with Crippen LogP contribution in [0.5, 0.6) is 0 Å². The Bertz CT molecular complexity index is 1170. The summed E-state index contributed by atoms with van der Waals surface area (Å²) < 4.78 is 0.906. The number of carbonyl (C=O) groups excluding carboxylic acids is 1. The van der Waals surface area contributed by atoms with Gasteiger partial charge in [-0.15, -0.1) is 11.3 Å². The van der Waals surface area contributed by atoms with Gasteiger partial charge in [0.25, 0.3) is 0 Å². The zero-order valence-electron chi connectivity index (χ0n) is 13.2. The van der Waals surface area contributed by atoms with Crippen LogP contribution in [0.25, 0.3) is 21.1 Å². The van der Waals surface area contributed by atoms with Gasteiger partial charge in [-0.05, 0) is 31.2 Å². The molecule has 0 spiro atoms. The summed E-state index contributed by atoms with van der Waals surface area (Å²) in [5.41, 5.74) is 2.90. The summed E-state index contributed by atoms with van der Waals surface area (Å²) >= 11 is 7.35. The molecule has 0 amide bonds. The maximum atomic E-state index is 13.1. The lowest BCUT2D eigenvalue weighted by Crippen LogP contribution is -2.11.